The molecule has 0 aromatic carbocycles. The summed E-state index contributed by atoms with van der Waals surface area (Å²) >= 11 is 1.64. The molecule has 4 heterocycles. The number of fused-ring (bicyclic) bond motifs is 2. The molecule has 5 heteroatoms. The van der Waals surface area contributed by atoms with Crippen molar-refractivity contribution >= 4 is 11.3 Å². The third-order valence-electron chi connectivity index (χ3n) is 3.72. The van der Waals surface area contributed by atoms with Gasteiger partial charge in [-0.25, -0.2) is 9.97 Å². The number of nitrogens with zero attached hydrogens (tertiary/aromatic N) is 3. The second-order valence-corrected chi connectivity index (χ2v) is 5.57. The van der Waals surface area contributed by atoms with Gasteiger partial charge in [-0.2, -0.15) is 0 Å². The summed E-state index contributed by atoms with van der Waals surface area (Å²) in [5, 5.41) is 2.99. The summed E-state index contributed by atoms with van der Waals surface area (Å²) in [6.45, 7) is 0. The Morgan fingerprint density at radius 1 is 1.29 bits per heavy atom. The summed E-state index contributed by atoms with van der Waals surface area (Å²) in [7, 11) is 0. The molecule has 88 valence electrons. The van der Waals surface area contributed by atoms with Crippen LogP contribution in [0.4, 0.5) is 0 Å². The maximum Gasteiger partial charge on any atom is 0.169 e. The Hall–Kier alpha value is -1.20. The maximum absolute atomic E-state index is 5.92. The number of hydrogen-bond acceptors (Lipinski definition) is 4. The van der Waals surface area contributed by atoms with E-state index in [4.69, 9.17) is 4.74 Å². The minimum atomic E-state index is 0.382. The molecule has 0 radical (unpaired) electrons. The molecule has 4 nitrogen and oxygen atoms in total. The van der Waals surface area contributed by atoms with Crippen molar-refractivity contribution in [1.82, 2.24) is 14.5 Å². The maximum atomic E-state index is 5.92. The fourth-order valence-corrected chi connectivity index (χ4v) is 3.62. The highest BCUT2D eigenvalue weighted by Crippen LogP contribution is 2.43. The van der Waals surface area contributed by atoms with E-state index >= 15 is 0 Å². The molecule has 17 heavy (non-hydrogen) atoms. The first-order chi connectivity index (χ1) is 8.42. The molecule has 2 aliphatic rings. The molecule has 0 amide bonds. The average Bonchev–Trinajstić information content (AvgIpc) is 3.12. The molecular weight excluding hydrogens is 234 g/mol. The van der Waals surface area contributed by atoms with Crippen LogP contribution in [0, 0.1) is 0 Å². The number of ether oxygens (including phenoxy) is 1. The largest absolute Gasteiger partial charge is 0.373 e. The van der Waals surface area contributed by atoms with Gasteiger partial charge in [0.2, 0.25) is 0 Å². The molecule has 0 spiro atoms. The molecule has 2 saturated heterocycles. The highest BCUT2D eigenvalue weighted by molar-refractivity contribution is 7.13. The van der Waals surface area contributed by atoms with Crippen LogP contribution in [0.1, 0.15) is 25.3 Å². The Labute approximate surface area is 103 Å². The molecule has 3 atom stereocenters. The highest BCUT2D eigenvalue weighted by atomic mass is 32.1. The van der Waals surface area contributed by atoms with E-state index in [1.165, 1.54) is 12.8 Å². The number of imidazole rings is 1. The minimum absolute atomic E-state index is 0.382. The second kappa shape index (κ2) is 3.65. The SMILES string of the molecule is c1csc(-c2nccn2[C@@H]2C[C@@H]3CC[C@H]2O3)n1. The van der Waals surface area contributed by atoms with E-state index in [1.54, 1.807) is 11.3 Å². The summed E-state index contributed by atoms with van der Waals surface area (Å²) < 4.78 is 8.17. The zero-order valence-electron chi connectivity index (χ0n) is 9.32. The zero-order valence-corrected chi connectivity index (χ0v) is 10.1. The van der Waals surface area contributed by atoms with E-state index in [1.807, 2.05) is 17.8 Å². The Morgan fingerprint density at radius 3 is 3.00 bits per heavy atom. The van der Waals surface area contributed by atoms with Crippen molar-refractivity contribution in [3.05, 3.63) is 24.0 Å². The molecular formula is C12H13N3OS. The van der Waals surface area contributed by atoms with Crippen LogP contribution in [0.3, 0.4) is 0 Å². The van der Waals surface area contributed by atoms with Crippen LogP contribution in [-0.2, 0) is 4.74 Å². The fourth-order valence-electron chi connectivity index (χ4n) is 2.98. The Bertz CT molecular complexity index is 522. The highest BCUT2D eigenvalue weighted by Gasteiger charge is 2.42. The van der Waals surface area contributed by atoms with Gasteiger partial charge < -0.3 is 9.30 Å². The van der Waals surface area contributed by atoms with Crippen LogP contribution in [0.15, 0.2) is 24.0 Å². The van der Waals surface area contributed by atoms with Gasteiger partial charge in [-0.15, -0.1) is 11.3 Å². The van der Waals surface area contributed by atoms with Gasteiger partial charge >= 0.3 is 0 Å². The van der Waals surface area contributed by atoms with E-state index in [2.05, 4.69) is 20.7 Å². The quantitative estimate of drug-likeness (QED) is 0.818. The first kappa shape index (κ1) is 9.79. The molecule has 0 N–H and O–H groups in total. The molecule has 2 bridgehead atoms. The lowest BCUT2D eigenvalue weighted by Crippen LogP contribution is -2.21. The van der Waals surface area contributed by atoms with Crippen LogP contribution in [0.2, 0.25) is 0 Å². The topological polar surface area (TPSA) is 39.9 Å². The van der Waals surface area contributed by atoms with Crippen molar-refractivity contribution in [2.75, 3.05) is 0 Å². The summed E-state index contributed by atoms with van der Waals surface area (Å²) in [4.78, 5) is 8.79. The number of aromatic nitrogens is 3. The predicted molar refractivity (Wildman–Crippen MR) is 64.9 cm³/mol. The van der Waals surface area contributed by atoms with Gasteiger partial charge in [-0.05, 0) is 19.3 Å². The Morgan fingerprint density at radius 2 is 2.29 bits per heavy atom. The van der Waals surface area contributed by atoms with Gasteiger partial charge in [0.1, 0.15) is 0 Å². The van der Waals surface area contributed by atoms with Crippen molar-refractivity contribution in [3.8, 4) is 10.8 Å². The van der Waals surface area contributed by atoms with Crippen LogP contribution in [-0.4, -0.2) is 26.7 Å². The standard InChI is InChI=1S/C12H13N3OS/c1-2-10-9(7-8(1)16-10)15-5-3-13-11(15)12-14-4-6-17-12/h3-6,8-10H,1-2,7H2/t8-,9+,10+/m0/s1. The van der Waals surface area contributed by atoms with Gasteiger partial charge in [0, 0.05) is 24.0 Å². The number of thiazole rings is 1. The third-order valence-corrected chi connectivity index (χ3v) is 4.49. The van der Waals surface area contributed by atoms with E-state index in [9.17, 15) is 0 Å². The van der Waals surface area contributed by atoms with E-state index < -0.39 is 0 Å². The van der Waals surface area contributed by atoms with Crippen molar-refractivity contribution in [1.29, 1.82) is 0 Å². The first-order valence-corrected chi connectivity index (χ1v) is 6.88. The van der Waals surface area contributed by atoms with Crippen molar-refractivity contribution in [2.24, 2.45) is 0 Å². The number of rotatable bonds is 2. The van der Waals surface area contributed by atoms with Gasteiger partial charge in [-0.1, -0.05) is 0 Å². The fraction of sp³-hybridized carbons (Fsp3) is 0.500. The van der Waals surface area contributed by atoms with Crippen LogP contribution >= 0.6 is 11.3 Å². The first-order valence-electron chi connectivity index (χ1n) is 6.00. The van der Waals surface area contributed by atoms with Crippen molar-refractivity contribution in [2.45, 2.75) is 37.5 Å². The molecule has 0 saturated carbocycles. The minimum Gasteiger partial charge on any atom is -0.373 e. The van der Waals surface area contributed by atoms with E-state index in [-0.39, 0.29) is 0 Å². The zero-order chi connectivity index (χ0) is 11.2. The molecule has 0 aliphatic carbocycles. The van der Waals surface area contributed by atoms with Crippen LogP contribution < -0.4 is 0 Å². The predicted octanol–water partition coefficient (Wildman–Crippen LogP) is 2.50. The van der Waals surface area contributed by atoms with Crippen LogP contribution in [0.25, 0.3) is 10.8 Å². The molecule has 2 fully saturated rings. The summed E-state index contributed by atoms with van der Waals surface area (Å²) in [6, 6.07) is 0.454. The normalized spacial score (nSPS) is 31.2. The average molecular weight is 247 g/mol. The lowest BCUT2D eigenvalue weighted by Gasteiger charge is -2.21. The Kier molecular flexibility index (Phi) is 2.10. The summed E-state index contributed by atoms with van der Waals surface area (Å²) in [5.41, 5.74) is 0. The van der Waals surface area contributed by atoms with Crippen molar-refractivity contribution < 1.29 is 4.74 Å². The number of hydrogen-bond donors (Lipinski definition) is 0. The van der Waals surface area contributed by atoms with Crippen LogP contribution in [0.5, 0.6) is 0 Å². The molecule has 4 rings (SSSR count). The molecule has 2 aliphatic heterocycles. The summed E-state index contributed by atoms with van der Waals surface area (Å²) in [6.07, 6.45) is 10.1. The molecule has 2 aromatic rings. The van der Waals surface area contributed by atoms with Gasteiger partial charge in [-0.3, -0.25) is 0 Å². The molecule has 0 unspecified atom stereocenters. The van der Waals surface area contributed by atoms with Gasteiger partial charge in [0.15, 0.2) is 10.8 Å². The monoisotopic (exact) mass is 247 g/mol. The molecule has 2 aromatic heterocycles. The van der Waals surface area contributed by atoms with Gasteiger partial charge in [0.25, 0.3) is 0 Å². The Balaban J connectivity index is 1.73. The van der Waals surface area contributed by atoms with E-state index in [0.29, 0.717) is 18.2 Å². The summed E-state index contributed by atoms with van der Waals surface area (Å²) in [5.74, 6) is 0.987. The van der Waals surface area contributed by atoms with Gasteiger partial charge in [0.05, 0.1) is 18.2 Å². The smallest absolute Gasteiger partial charge is 0.169 e. The lowest BCUT2D eigenvalue weighted by atomic mass is 9.95. The van der Waals surface area contributed by atoms with E-state index in [0.717, 1.165) is 17.3 Å². The lowest BCUT2D eigenvalue weighted by molar-refractivity contribution is 0.0940. The second-order valence-electron chi connectivity index (χ2n) is 4.67. The van der Waals surface area contributed by atoms with Crippen molar-refractivity contribution in [3.63, 3.8) is 0 Å². The third kappa shape index (κ3) is 1.46.